The van der Waals surface area contributed by atoms with Crippen LogP contribution in [0, 0.1) is 0 Å². The van der Waals surface area contributed by atoms with Crippen LogP contribution in [0.2, 0.25) is 0 Å². The van der Waals surface area contributed by atoms with Gasteiger partial charge < -0.3 is 10.2 Å². The Kier molecular flexibility index (Phi) is 21.4. The van der Waals surface area contributed by atoms with Gasteiger partial charge in [0.25, 0.3) is 0 Å². The molecule has 0 fully saturated rings. The van der Waals surface area contributed by atoms with E-state index in [4.69, 9.17) is 5.11 Å². The molecular weight excluding hydrogens is 452 g/mol. The molecule has 4 heteroatoms. The SMILES string of the molecule is CCCCCCCCCCCCCCCCCCCC(Sc1ccccc1)C(O)CCCC(=O)O. The molecule has 0 spiro atoms. The Morgan fingerprint density at radius 3 is 1.60 bits per heavy atom. The van der Waals surface area contributed by atoms with Crippen molar-refractivity contribution >= 4 is 17.7 Å². The standard InChI is InChI=1S/C31H54O3S/c1-2-3-4-5-6-7-8-9-10-11-12-13-14-15-16-17-21-26-30(29(32)25-22-27-31(33)34)35-28-23-19-18-20-24-28/h18-20,23-24,29-30,32H,2-17,21-22,25-27H2,1H3,(H,33,34). The molecule has 0 aliphatic rings. The molecule has 0 saturated heterocycles. The molecule has 1 rings (SSSR count). The first-order chi connectivity index (χ1) is 17.1. The molecule has 1 aromatic rings. The minimum absolute atomic E-state index is 0.138. The van der Waals surface area contributed by atoms with Crippen LogP contribution in [0.25, 0.3) is 0 Å². The average Bonchev–Trinajstić information content (AvgIpc) is 2.85. The Morgan fingerprint density at radius 1 is 0.686 bits per heavy atom. The Morgan fingerprint density at radius 2 is 1.14 bits per heavy atom. The Hall–Kier alpha value is -1.00. The molecule has 2 unspecified atom stereocenters. The van der Waals surface area contributed by atoms with E-state index in [-0.39, 0.29) is 11.7 Å². The highest BCUT2D eigenvalue weighted by atomic mass is 32.2. The van der Waals surface area contributed by atoms with Crippen LogP contribution in [0.1, 0.15) is 142 Å². The van der Waals surface area contributed by atoms with E-state index >= 15 is 0 Å². The van der Waals surface area contributed by atoms with Gasteiger partial charge in [0.2, 0.25) is 0 Å². The van der Waals surface area contributed by atoms with Crippen molar-refractivity contribution in [1.29, 1.82) is 0 Å². The minimum atomic E-state index is -0.780. The van der Waals surface area contributed by atoms with Crippen molar-refractivity contribution in [3.8, 4) is 0 Å². The van der Waals surface area contributed by atoms with Crippen molar-refractivity contribution in [3.05, 3.63) is 30.3 Å². The lowest BCUT2D eigenvalue weighted by atomic mass is 10.0. The molecule has 0 radical (unpaired) electrons. The second kappa shape index (κ2) is 23.4. The Labute approximate surface area is 220 Å². The molecule has 0 aliphatic carbocycles. The van der Waals surface area contributed by atoms with Gasteiger partial charge in [-0.25, -0.2) is 0 Å². The van der Waals surface area contributed by atoms with Crippen LogP contribution in [0.3, 0.4) is 0 Å². The van der Waals surface area contributed by atoms with Crippen LogP contribution in [0.15, 0.2) is 35.2 Å². The third kappa shape index (κ3) is 19.8. The summed E-state index contributed by atoms with van der Waals surface area (Å²) in [6.45, 7) is 2.28. The van der Waals surface area contributed by atoms with Gasteiger partial charge in [0, 0.05) is 16.6 Å². The molecule has 2 atom stereocenters. The van der Waals surface area contributed by atoms with Gasteiger partial charge in [0.1, 0.15) is 0 Å². The van der Waals surface area contributed by atoms with Crippen molar-refractivity contribution in [1.82, 2.24) is 0 Å². The van der Waals surface area contributed by atoms with Gasteiger partial charge in [-0.3, -0.25) is 4.79 Å². The Bertz CT molecular complexity index is 592. The maximum Gasteiger partial charge on any atom is 0.303 e. The zero-order valence-electron chi connectivity index (χ0n) is 22.6. The smallest absolute Gasteiger partial charge is 0.303 e. The number of unbranched alkanes of at least 4 members (excludes halogenated alkanes) is 16. The number of carboxylic acid groups (broad SMARTS) is 1. The topological polar surface area (TPSA) is 57.5 Å². The van der Waals surface area contributed by atoms with Crippen LogP contribution in [0.4, 0.5) is 0 Å². The predicted molar refractivity (Wildman–Crippen MR) is 152 cm³/mol. The maximum absolute atomic E-state index is 10.8. The van der Waals surface area contributed by atoms with Gasteiger partial charge >= 0.3 is 5.97 Å². The van der Waals surface area contributed by atoms with Gasteiger partial charge in [-0.2, -0.15) is 0 Å². The number of aliphatic carboxylic acids is 1. The third-order valence-electron chi connectivity index (χ3n) is 6.94. The number of carbonyl (C=O) groups is 1. The number of aliphatic hydroxyl groups is 1. The summed E-state index contributed by atoms with van der Waals surface area (Å²) in [5.74, 6) is -0.780. The zero-order chi connectivity index (χ0) is 25.4. The fourth-order valence-corrected chi connectivity index (χ4v) is 5.96. The van der Waals surface area contributed by atoms with Gasteiger partial charge in [0.05, 0.1) is 6.10 Å². The molecule has 0 saturated carbocycles. The predicted octanol–water partition coefficient (Wildman–Crippen LogP) is 9.80. The van der Waals surface area contributed by atoms with Crippen LogP contribution in [-0.2, 0) is 4.79 Å². The lowest BCUT2D eigenvalue weighted by Gasteiger charge is -2.22. The van der Waals surface area contributed by atoms with Gasteiger partial charge in [-0.1, -0.05) is 134 Å². The monoisotopic (exact) mass is 506 g/mol. The maximum atomic E-state index is 10.8. The van der Waals surface area contributed by atoms with Crippen LogP contribution >= 0.6 is 11.8 Å². The largest absolute Gasteiger partial charge is 0.481 e. The molecule has 2 N–H and O–H groups in total. The van der Waals surface area contributed by atoms with Gasteiger partial charge in [0.15, 0.2) is 0 Å². The van der Waals surface area contributed by atoms with E-state index in [9.17, 15) is 9.90 Å². The third-order valence-corrected chi connectivity index (χ3v) is 8.34. The first-order valence-corrected chi connectivity index (χ1v) is 15.6. The molecular formula is C31H54O3S. The minimum Gasteiger partial charge on any atom is -0.481 e. The lowest BCUT2D eigenvalue weighted by molar-refractivity contribution is -0.137. The number of rotatable bonds is 25. The lowest BCUT2D eigenvalue weighted by Crippen LogP contribution is -2.23. The van der Waals surface area contributed by atoms with E-state index < -0.39 is 12.1 Å². The number of hydrogen-bond donors (Lipinski definition) is 2. The summed E-state index contributed by atoms with van der Waals surface area (Å²) in [7, 11) is 0. The van der Waals surface area contributed by atoms with E-state index in [2.05, 4.69) is 19.1 Å². The molecule has 0 bridgehead atoms. The average molecular weight is 507 g/mol. The fraction of sp³-hybridized carbons (Fsp3) is 0.774. The van der Waals surface area contributed by atoms with Gasteiger partial charge in [-0.05, 0) is 31.4 Å². The molecule has 0 amide bonds. The van der Waals surface area contributed by atoms with Crippen molar-refractivity contribution in [2.24, 2.45) is 0 Å². The van der Waals surface area contributed by atoms with Crippen LogP contribution in [0.5, 0.6) is 0 Å². The number of carboxylic acids is 1. The molecule has 3 nitrogen and oxygen atoms in total. The Balaban J connectivity index is 2.04. The first-order valence-electron chi connectivity index (χ1n) is 14.7. The summed E-state index contributed by atoms with van der Waals surface area (Å²) in [5, 5.41) is 19.7. The van der Waals surface area contributed by atoms with Crippen molar-refractivity contribution in [2.75, 3.05) is 0 Å². The summed E-state index contributed by atoms with van der Waals surface area (Å²) in [6, 6.07) is 10.3. The molecule has 35 heavy (non-hydrogen) atoms. The summed E-state index contributed by atoms with van der Waals surface area (Å²) >= 11 is 1.75. The second-order valence-electron chi connectivity index (χ2n) is 10.3. The first kappa shape index (κ1) is 32.0. The number of benzene rings is 1. The molecule has 0 heterocycles. The summed E-state index contributed by atoms with van der Waals surface area (Å²) in [5.41, 5.74) is 0. The second-order valence-corrected chi connectivity index (χ2v) is 11.6. The fourth-order valence-electron chi connectivity index (χ4n) is 4.72. The van der Waals surface area contributed by atoms with E-state index in [1.165, 1.54) is 108 Å². The van der Waals surface area contributed by atoms with E-state index in [1.54, 1.807) is 11.8 Å². The molecule has 0 aliphatic heterocycles. The van der Waals surface area contributed by atoms with Crippen molar-refractivity contribution in [2.45, 2.75) is 158 Å². The highest BCUT2D eigenvalue weighted by Crippen LogP contribution is 2.31. The van der Waals surface area contributed by atoms with Crippen LogP contribution < -0.4 is 0 Å². The van der Waals surface area contributed by atoms with E-state index in [0.29, 0.717) is 12.8 Å². The molecule has 0 aromatic heterocycles. The van der Waals surface area contributed by atoms with Crippen molar-refractivity contribution < 1.29 is 15.0 Å². The van der Waals surface area contributed by atoms with Crippen molar-refractivity contribution in [3.63, 3.8) is 0 Å². The number of thioether (sulfide) groups is 1. The highest BCUT2D eigenvalue weighted by molar-refractivity contribution is 8.00. The van der Waals surface area contributed by atoms with Gasteiger partial charge in [-0.15, -0.1) is 11.8 Å². The number of aliphatic hydroxyl groups excluding tert-OH is 1. The van der Waals surface area contributed by atoms with E-state index in [0.717, 1.165) is 12.8 Å². The zero-order valence-corrected chi connectivity index (χ0v) is 23.4. The van der Waals surface area contributed by atoms with Crippen LogP contribution in [-0.4, -0.2) is 27.5 Å². The number of hydrogen-bond acceptors (Lipinski definition) is 3. The summed E-state index contributed by atoms with van der Waals surface area (Å²) < 4.78 is 0. The van der Waals surface area contributed by atoms with E-state index in [1.807, 2.05) is 18.2 Å². The molecule has 202 valence electrons. The summed E-state index contributed by atoms with van der Waals surface area (Å²) in [6.07, 6.45) is 25.1. The highest BCUT2D eigenvalue weighted by Gasteiger charge is 2.20. The normalized spacial score (nSPS) is 13.1. The summed E-state index contributed by atoms with van der Waals surface area (Å²) in [4.78, 5) is 12.0. The quantitative estimate of drug-likeness (QED) is 0.102. The molecule has 1 aromatic carbocycles.